The van der Waals surface area contributed by atoms with Crippen molar-refractivity contribution < 1.29 is 22.4 Å². The summed E-state index contributed by atoms with van der Waals surface area (Å²) in [6, 6.07) is 8.35. The average Bonchev–Trinajstić information content (AvgIpc) is 3.03. The Morgan fingerprint density at radius 3 is 2.59 bits per heavy atom. The number of carbonyl (C=O) groups is 1. The van der Waals surface area contributed by atoms with Gasteiger partial charge in [0, 0.05) is 16.6 Å². The number of amides is 1. The van der Waals surface area contributed by atoms with Gasteiger partial charge in [0.1, 0.15) is 11.3 Å². The second-order valence-electron chi connectivity index (χ2n) is 6.02. The molecule has 2 aromatic carbocycles. The zero-order chi connectivity index (χ0) is 20.6. The molecule has 11 heteroatoms. The molecule has 0 spiro atoms. The van der Waals surface area contributed by atoms with Crippen LogP contribution in [0.3, 0.4) is 0 Å². The maximum absolute atomic E-state index is 13.4. The summed E-state index contributed by atoms with van der Waals surface area (Å²) in [7, 11) is 0. The molecule has 0 saturated carbocycles. The predicted molar refractivity (Wildman–Crippen MR) is 99.9 cm³/mol. The molecule has 0 aliphatic rings. The molecule has 1 amide bonds. The van der Waals surface area contributed by atoms with Crippen molar-refractivity contribution in [2.75, 3.05) is 11.1 Å². The first-order valence-corrected chi connectivity index (χ1v) is 9.20. The largest absolute Gasteiger partial charge is 0.416 e. The lowest BCUT2D eigenvalue weighted by Gasteiger charge is -2.08. The van der Waals surface area contributed by atoms with Gasteiger partial charge in [0.2, 0.25) is 11.1 Å². The van der Waals surface area contributed by atoms with Crippen molar-refractivity contribution in [2.24, 2.45) is 0 Å². The van der Waals surface area contributed by atoms with Crippen LogP contribution in [0.5, 0.6) is 0 Å². The highest BCUT2D eigenvalue weighted by Gasteiger charge is 2.30. The number of benzene rings is 2. The normalized spacial score (nSPS) is 11.9. The van der Waals surface area contributed by atoms with Gasteiger partial charge in [-0.2, -0.15) is 13.2 Å². The van der Waals surface area contributed by atoms with E-state index in [2.05, 4.69) is 25.5 Å². The van der Waals surface area contributed by atoms with Gasteiger partial charge in [-0.15, -0.1) is 10.2 Å². The van der Waals surface area contributed by atoms with Gasteiger partial charge in [0.25, 0.3) is 0 Å². The van der Waals surface area contributed by atoms with Crippen LogP contribution in [0.15, 0.2) is 47.6 Å². The van der Waals surface area contributed by atoms with Crippen LogP contribution in [-0.4, -0.2) is 31.8 Å². The van der Waals surface area contributed by atoms with Gasteiger partial charge in [-0.3, -0.25) is 4.79 Å². The van der Waals surface area contributed by atoms with Crippen molar-refractivity contribution in [3.8, 4) is 0 Å². The first-order chi connectivity index (χ1) is 13.8. The smallest absolute Gasteiger partial charge is 0.338 e. The second-order valence-corrected chi connectivity index (χ2v) is 6.96. The van der Waals surface area contributed by atoms with Gasteiger partial charge in [-0.25, -0.2) is 9.37 Å². The third kappa shape index (κ3) is 4.14. The molecule has 0 unspecified atom stereocenters. The summed E-state index contributed by atoms with van der Waals surface area (Å²) in [6.45, 7) is 0. The molecule has 148 valence electrons. The minimum atomic E-state index is -4.43. The zero-order valence-corrected chi connectivity index (χ0v) is 15.2. The number of carbonyl (C=O) groups excluding carboxylic acids is 1. The number of hydrogen-bond donors (Lipinski definition) is 2. The van der Waals surface area contributed by atoms with Crippen LogP contribution in [0.25, 0.3) is 22.1 Å². The molecule has 4 rings (SSSR count). The number of aromatic nitrogens is 4. The van der Waals surface area contributed by atoms with Gasteiger partial charge in [0.15, 0.2) is 5.65 Å². The first kappa shape index (κ1) is 19.1. The molecule has 0 aliphatic heterocycles. The Kier molecular flexibility index (Phi) is 4.82. The quantitative estimate of drug-likeness (QED) is 0.377. The maximum atomic E-state index is 13.4. The Labute approximate surface area is 164 Å². The van der Waals surface area contributed by atoms with Gasteiger partial charge < -0.3 is 10.3 Å². The van der Waals surface area contributed by atoms with Crippen LogP contribution in [0, 0.1) is 5.82 Å². The van der Waals surface area contributed by atoms with E-state index < -0.39 is 23.5 Å². The van der Waals surface area contributed by atoms with Crippen molar-refractivity contribution in [1.82, 2.24) is 20.2 Å². The van der Waals surface area contributed by atoms with E-state index in [9.17, 15) is 22.4 Å². The topological polar surface area (TPSA) is 83.6 Å². The number of hydrogen-bond acceptors (Lipinski definition) is 5. The van der Waals surface area contributed by atoms with Crippen molar-refractivity contribution in [3.05, 3.63) is 53.8 Å². The standard InChI is InChI=1S/C18H11F4N5OS/c19-10-3-6-13-12(7-10)15-16(24-13)25-17(27-26-15)29-8-14(28)23-11-4-1-9(2-5-11)18(20,21)22/h1-7H,8H2,(H,23,28)(H,24,25,27). The van der Waals surface area contributed by atoms with Crippen molar-refractivity contribution >= 4 is 45.4 Å². The van der Waals surface area contributed by atoms with Gasteiger partial charge in [-0.05, 0) is 42.5 Å². The molecule has 0 aliphatic carbocycles. The number of rotatable bonds is 4. The van der Waals surface area contributed by atoms with Crippen LogP contribution in [0.4, 0.5) is 23.2 Å². The lowest BCUT2D eigenvalue weighted by molar-refractivity contribution is -0.137. The van der Waals surface area contributed by atoms with Crippen LogP contribution < -0.4 is 5.32 Å². The SMILES string of the molecule is O=C(CSc1nnc2c(n1)[nH]c1ccc(F)cc12)Nc1ccc(C(F)(F)F)cc1. The highest BCUT2D eigenvalue weighted by molar-refractivity contribution is 7.99. The molecule has 0 fully saturated rings. The molecule has 29 heavy (non-hydrogen) atoms. The lowest BCUT2D eigenvalue weighted by atomic mass is 10.2. The Hall–Kier alpha value is -3.21. The number of aromatic amines is 1. The van der Waals surface area contributed by atoms with E-state index in [4.69, 9.17) is 0 Å². The number of alkyl halides is 3. The van der Waals surface area contributed by atoms with E-state index in [0.717, 1.165) is 23.9 Å². The maximum Gasteiger partial charge on any atom is 0.416 e. The monoisotopic (exact) mass is 421 g/mol. The van der Waals surface area contributed by atoms with E-state index in [1.807, 2.05) is 0 Å². The van der Waals surface area contributed by atoms with Crippen LogP contribution in [0.2, 0.25) is 0 Å². The first-order valence-electron chi connectivity index (χ1n) is 8.21. The van der Waals surface area contributed by atoms with Gasteiger partial charge >= 0.3 is 6.18 Å². The minimum absolute atomic E-state index is 0.0664. The molecule has 2 aromatic heterocycles. The summed E-state index contributed by atoms with van der Waals surface area (Å²) in [5.41, 5.74) is 0.932. The van der Waals surface area contributed by atoms with Crippen LogP contribution in [-0.2, 0) is 11.0 Å². The molecule has 2 N–H and O–H groups in total. The summed E-state index contributed by atoms with van der Waals surface area (Å²) in [6.07, 6.45) is -4.43. The molecule has 2 heterocycles. The summed E-state index contributed by atoms with van der Waals surface area (Å²) in [5.74, 6) is -0.904. The molecule has 4 aromatic rings. The van der Waals surface area contributed by atoms with E-state index in [0.29, 0.717) is 22.1 Å². The Bertz CT molecular complexity index is 1210. The average molecular weight is 421 g/mol. The van der Waals surface area contributed by atoms with Crippen molar-refractivity contribution in [2.45, 2.75) is 11.3 Å². The fourth-order valence-electron chi connectivity index (χ4n) is 2.66. The molecule has 0 saturated heterocycles. The van der Waals surface area contributed by atoms with E-state index in [-0.39, 0.29) is 16.6 Å². The van der Waals surface area contributed by atoms with Gasteiger partial charge in [-0.1, -0.05) is 11.8 Å². The fraction of sp³-hybridized carbons (Fsp3) is 0.111. The number of anilines is 1. The molecular weight excluding hydrogens is 410 g/mol. The molecule has 6 nitrogen and oxygen atoms in total. The Balaban J connectivity index is 1.42. The number of nitrogens with one attached hydrogen (secondary N) is 2. The third-order valence-corrected chi connectivity index (χ3v) is 4.82. The molecule has 0 bridgehead atoms. The van der Waals surface area contributed by atoms with E-state index in [1.165, 1.54) is 24.3 Å². The number of halogens is 4. The number of thioether (sulfide) groups is 1. The van der Waals surface area contributed by atoms with E-state index >= 15 is 0 Å². The van der Waals surface area contributed by atoms with Crippen LogP contribution >= 0.6 is 11.8 Å². The van der Waals surface area contributed by atoms with Crippen molar-refractivity contribution in [1.29, 1.82) is 0 Å². The predicted octanol–water partition coefficient (Wildman–Crippen LogP) is 4.39. The van der Waals surface area contributed by atoms with Crippen LogP contribution in [0.1, 0.15) is 5.56 Å². The highest BCUT2D eigenvalue weighted by Crippen LogP contribution is 2.30. The van der Waals surface area contributed by atoms with Gasteiger partial charge in [0.05, 0.1) is 11.3 Å². The molecule has 0 radical (unpaired) electrons. The summed E-state index contributed by atoms with van der Waals surface area (Å²) in [4.78, 5) is 19.3. The molecular formula is C18H11F4N5OS. The minimum Gasteiger partial charge on any atom is -0.338 e. The Morgan fingerprint density at radius 1 is 1.10 bits per heavy atom. The summed E-state index contributed by atoms with van der Waals surface area (Å²) >= 11 is 1.01. The highest BCUT2D eigenvalue weighted by atomic mass is 32.2. The Morgan fingerprint density at radius 2 is 1.86 bits per heavy atom. The zero-order valence-electron chi connectivity index (χ0n) is 14.4. The number of fused-ring (bicyclic) bond motifs is 3. The fourth-order valence-corrected chi connectivity index (χ4v) is 3.25. The second kappa shape index (κ2) is 7.32. The lowest BCUT2D eigenvalue weighted by Crippen LogP contribution is -2.14. The summed E-state index contributed by atoms with van der Waals surface area (Å²) in [5, 5.41) is 11.3. The number of H-pyrrole nitrogens is 1. The van der Waals surface area contributed by atoms with Crippen molar-refractivity contribution in [3.63, 3.8) is 0 Å². The summed E-state index contributed by atoms with van der Waals surface area (Å²) < 4.78 is 51.1. The molecule has 0 atom stereocenters. The third-order valence-electron chi connectivity index (χ3n) is 3.99. The number of nitrogens with zero attached hydrogens (tertiary/aromatic N) is 3. The van der Waals surface area contributed by atoms with E-state index in [1.54, 1.807) is 6.07 Å².